The van der Waals surface area contributed by atoms with Crippen LogP contribution in [0.1, 0.15) is 20.8 Å². The Hall–Kier alpha value is -1.67. The van der Waals surface area contributed by atoms with Gasteiger partial charge in [-0.25, -0.2) is 0 Å². The second-order valence-electron chi connectivity index (χ2n) is 4.50. The van der Waals surface area contributed by atoms with Crippen LogP contribution in [0.25, 0.3) is 0 Å². The van der Waals surface area contributed by atoms with Crippen LogP contribution < -0.4 is 10.6 Å². The van der Waals surface area contributed by atoms with Gasteiger partial charge in [-0.15, -0.1) is 0 Å². The summed E-state index contributed by atoms with van der Waals surface area (Å²) in [6, 6.07) is 0. The lowest BCUT2D eigenvalue weighted by molar-refractivity contribution is -0.122. The summed E-state index contributed by atoms with van der Waals surface area (Å²) in [5, 5.41) is 4.56. The standard InChI is InChI=1S/C11H18N2O5S/c1-6-8(14)12-11(5,13-9(15)7-2)10(3,4)19(16,17)18/h6-7H,1-2H2,3-5H3,(H,12,14)(H,13,15)(H,16,17,18). The Morgan fingerprint density at radius 3 is 1.58 bits per heavy atom. The van der Waals surface area contributed by atoms with E-state index in [1.165, 1.54) is 6.92 Å². The zero-order valence-corrected chi connectivity index (χ0v) is 11.9. The molecule has 0 atom stereocenters. The van der Waals surface area contributed by atoms with Gasteiger partial charge in [0.05, 0.1) is 0 Å². The summed E-state index contributed by atoms with van der Waals surface area (Å²) in [7, 11) is -4.57. The molecule has 0 aliphatic heterocycles. The molecular weight excluding hydrogens is 272 g/mol. The minimum absolute atomic E-state index is 0.705. The normalized spacial score (nSPS) is 12.4. The molecular formula is C11H18N2O5S. The monoisotopic (exact) mass is 290 g/mol. The largest absolute Gasteiger partial charge is 0.329 e. The van der Waals surface area contributed by atoms with Crippen molar-refractivity contribution in [3.8, 4) is 0 Å². The molecule has 0 aliphatic carbocycles. The van der Waals surface area contributed by atoms with Gasteiger partial charge in [-0.1, -0.05) is 13.2 Å². The first kappa shape index (κ1) is 17.3. The molecule has 0 unspecified atom stereocenters. The highest BCUT2D eigenvalue weighted by molar-refractivity contribution is 7.87. The van der Waals surface area contributed by atoms with Gasteiger partial charge in [0.15, 0.2) is 0 Å². The molecule has 0 aliphatic rings. The van der Waals surface area contributed by atoms with Crippen LogP contribution in [0.2, 0.25) is 0 Å². The highest BCUT2D eigenvalue weighted by Gasteiger charge is 2.51. The first-order valence-corrected chi connectivity index (χ1v) is 6.71. The van der Waals surface area contributed by atoms with Crippen LogP contribution in [0.4, 0.5) is 0 Å². The zero-order valence-electron chi connectivity index (χ0n) is 11.1. The maximum absolute atomic E-state index is 11.4. The summed E-state index contributed by atoms with van der Waals surface area (Å²) in [5.41, 5.74) is -1.75. The zero-order chi connectivity index (χ0) is 15.5. The highest BCUT2D eigenvalue weighted by atomic mass is 32.2. The topological polar surface area (TPSA) is 113 Å². The van der Waals surface area contributed by atoms with Crippen molar-refractivity contribution in [1.82, 2.24) is 10.6 Å². The van der Waals surface area contributed by atoms with E-state index in [-0.39, 0.29) is 0 Å². The molecule has 0 bridgehead atoms. The van der Waals surface area contributed by atoms with Gasteiger partial charge < -0.3 is 10.6 Å². The van der Waals surface area contributed by atoms with Crippen LogP contribution in [0.15, 0.2) is 25.3 Å². The Kier molecular flexibility index (Phi) is 5.05. The van der Waals surface area contributed by atoms with Gasteiger partial charge in [0, 0.05) is 0 Å². The molecule has 0 heterocycles. The van der Waals surface area contributed by atoms with Crippen LogP contribution in [0.5, 0.6) is 0 Å². The number of nitrogens with one attached hydrogen (secondary N) is 2. The van der Waals surface area contributed by atoms with E-state index in [1.54, 1.807) is 0 Å². The van der Waals surface area contributed by atoms with Gasteiger partial charge in [-0.3, -0.25) is 14.1 Å². The smallest absolute Gasteiger partial charge is 0.274 e. The van der Waals surface area contributed by atoms with E-state index in [0.29, 0.717) is 0 Å². The van der Waals surface area contributed by atoms with Crippen LogP contribution in [0, 0.1) is 0 Å². The maximum atomic E-state index is 11.4. The molecule has 0 saturated heterocycles. The van der Waals surface area contributed by atoms with Crippen molar-refractivity contribution >= 4 is 21.9 Å². The lowest BCUT2D eigenvalue weighted by Gasteiger charge is -2.42. The van der Waals surface area contributed by atoms with Crippen LogP contribution in [0.3, 0.4) is 0 Å². The molecule has 0 saturated carbocycles. The SMILES string of the molecule is C=CC(=O)NC(C)(NC(=O)C=C)C(C)(C)S(=O)(=O)O. The molecule has 0 fully saturated rings. The molecule has 3 N–H and O–H groups in total. The Morgan fingerprint density at radius 1 is 1.05 bits per heavy atom. The quantitative estimate of drug-likeness (QED) is 0.361. The lowest BCUT2D eigenvalue weighted by Crippen LogP contribution is -2.71. The van der Waals surface area contributed by atoms with Gasteiger partial charge >= 0.3 is 0 Å². The molecule has 0 rings (SSSR count). The molecule has 0 spiro atoms. The van der Waals surface area contributed by atoms with Crippen molar-refractivity contribution in [3.05, 3.63) is 25.3 Å². The molecule has 7 nitrogen and oxygen atoms in total. The molecule has 2 amide bonds. The van der Waals surface area contributed by atoms with E-state index in [2.05, 4.69) is 23.8 Å². The maximum Gasteiger partial charge on any atom is 0.274 e. The van der Waals surface area contributed by atoms with E-state index >= 15 is 0 Å². The molecule has 0 aromatic rings. The fourth-order valence-electron chi connectivity index (χ4n) is 1.19. The first-order chi connectivity index (χ1) is 8.41. The summed E-state index contributed by atoms with van der Waals surface area (Å²) in [6.07, 6.45) is 1.83. The Balaban J connectivity index is 5.75. The number of hydrogen-bond acceptors (Lipinski definition) is 4. The van der Waals surface area contributed by atoms with Gasteiger partial charge in [0.25, 0.3) is 10.1 Å². The van der Waals surface area contributed by atoms with E-state index in [1.807, 2.05) is 0 Å². The number of carbonyl (C=O) groups is 2. The van der Waals surface area contributed by atoms with Crippen LogP contribution in [-0.4, -0.2) is 35.2 Å². The summed E-state index contributed by atoms with van der Waals surface area (Å²) in [5.74, 6) is -1.41. The van der Waals surface area contributed by atoms with E-state index < -0.39 is 32.3 Å². The second kappa shape index (κ2) is 5.54. The molecule has 0 radical (unpaired) electrons. The third-order valence-electron chi connectivity index (χ3n) is 2.97. The van der Waals surface area contributed by atoms with Gasteiger partial charge in [0.1, 0.15) is 10.4 Å². The predicted molar refractivity (Wildman–Crippen MR) is 70.7 cm³/mol. The third kappa shape index (κ3) is 3.65. The lowest BCUT2D eigenvalue weighted by atomic mass is 9.96. The number of carbonyl (C=O) groups excluding carboxylic acids is 2. The number of rotatable bonds is 6. The molecule has 108 valence electrons. The van der Waals surface area contributed by atoms with Crippen molar-refractivity contribution in [2.24, 2.45) is 0 Å². The first-order valence-electron chi connectivity index (χ1n) is 5.27. The molecule has 0 aromatic carbocycles. The summed E-state index contributed by atoms with van der Waals surface area (Å²) < 4.78 is 30.3. The van der Waals surface area contributed by atoms with Crippen molar-refractivity contribution in [1.29, 1.82) is 0 Å². The molecule has 0 aromatic heterocycles. The van der Waals surface area contributed by atoms with Gasteiger partial charge in [0.2, 0.25) is 11.8 Å². The van der Waals surface area contributed by atoms with Gasteiger partial charge in [-0.2, -0.15) is 8.42 Å². The fourth-order valence-corrected chi connectivity index (χ4v) is 1.80. The Labute approximate surface area is 112 Å². The number of hydrogen-bond donors (Lipinski definition) is 3. The Bertz CT molecular complexity index is 485. The highest BCUT2D eigenvalue weighted by Crippen LogP contribution is 2.27. The minimum Gasteiger partial charge on any atom is -0.329 e. The third-order valence-corrected chi connectivity index (χ3v) is 4.66. The van der Waals surface area contributed by atoms with E-state index in [4.69, 9.17) is 0 Å². The van der Waals surface area contributed by atoms with E-state index in [9.17, 15) is 22.6 Å². The van der Waals surface area contributed by atoms with Gasteiger partial charge in [-0.05, 0) is 32.9 Å². The van der Waals surface area contributed by atoms with Crippen LogP contribution >= 0.6 is 0 Å². The van der Waals surface area contributed by atoms with Crippen molar-refractivity contribution in [3.63, 3.8) is 0 Å². The molecule has 19 heavy (non-hydrogen) atoms. The fraction of sp³-hybridized carbons (Fsp3) is 0.455. The average molecular weight is 290 g/mol. The van der Waals surface area contributed by atoms with Crippen LogP contribution in [-0.2, 0) is 19.7 Å². The Morgan fingerprint density at radius 2 is 1.37 bits per heavy atom. The predicted octanol–water partition coefficient (Wildman–Crippen LogP) is -0.0266. The van der Waals surface area contributed by atoms with Crippen molar-refractivity contribution < 1.29 is 22.6 Å². The van der Waals surface area contributed by atoms with Crippen molar-refractivity contribution in [2.75, 3.05) is 0 Å². The van der Waals surface area contributed by atoms with E-state index in [0.717, 1.165) is 26.0 Å². The van der Waals surface area contributed by atoms with Crippen molar-refractivity contribution in [2.45, 2.75) is 31.2 Å². The second-order valence-corrected chi connectivity index (χ2v) is 6.47. The minimum atomic E-state index is -4.57. The summed E-state index contributed by atoms with van der Waals surface area (Å²) in [4.78, 5) is 22.8. The molecule has 8 heteroatoms. The summed E-state index contributed by atoms with van der Waals surface area (Å²) in [6.45, 7) is 10.0. The average Bonchev–Trinajstić information content (AvgIpc) is 2.26. The summed E-state index contributed by atoms with van der Waals surface area (Å²) >= 11 is 0. The number of amides is 2.